The standard InChI is InChI=1S/C19H32N2O5Si/c1-6-25-18(23)14-15(20-27(3,4)5)17(22)21(13-11-9-8-10-12-13)16(14)19(24)26-7-2/h13,16,20H,6-12H2,1-5H3. The Labute approximate surface area is 162 Å². The lowest BCUT2D eigenvalue weighted by Crippen LogP contribution is -2.50. The average Bonchev–Trinajstić information content (AvgIpc) is 2.87. The van der Waals surface area contributed by atoms with Gasteiger partial charge in [-0.1, -0.05) is 38.9 Å². The Balaban J connectivity index is 2.52. The quantitative estimate of drug-likeness (QED) is 0.525. The number of rotatable bonds is 7. The van der Waals surface area contributed by atoms with E-state index in [4.69, 9.17) is 9.47 Å². The monoisotopic (exact) mass is 396 g/mol. The Hall–Kier alpha value is -1.83. The van der Waals surface area contributed by atoms with Crippen LogP contribution in [0.5, 0.6) is 0 Å². The Kier molecular flexibility index (Phi) is 7.08. The molecule has 1 aliphatic heterocycles. The highest BCUT2D eigenvalue weighted by atomic mass is 28.3. The van der Waals surface area contributed by atoms with Gasteiger partial charge in [0.2, 0.25) is 0 Å². The first-order valence-electron chi connectivity index (χ1n) is 9.90. The first-order chi connectivity index (χ1) is 12.7. The zero-order valence-corrected chi connectivity index (χ0v) is 18.1. The summed E-state index contributed by atoms with van der Waals surface area (Å²) in [6, 6.07) is -1.09. The molecule has 7 nitrogen and oxygen atoms in total. The summed E-state index contributed by atoms with van der Waals surface area (Å²) < 4.78 is 10.4. The van der Waals surface area contributed by atoms with Gasteiger partial charge in [-0.15, -0.1) is 0 Å². The molecule has 0 aromatic rings. The topological polar surface area (TPSA) is 84.9 Å². The van der Waals surface area contributed by atoms with Crippen LogP contribution in [0.15, 0.2) is 11.3 Å². The number of carbonyl (C=O) groups excluding carboxylic acids is 3. The average molecular weight is 397 g/mol. The lowest BCUT2D eigenvalue weighted by Gasteiger charge is -2.35. The molecule has 0 aromatic heterocycles. The van der Waals surface area contributed by atoms with Crippen molar-refractivity contribution >= 4 is 26.1 Å². The first kappa shape index (κ1) is 21.5. The van der Waals surface area contributed by atoms with Crippen LogP contribution in [-0.2, 0) is 23.9 Å². The molecule has 1 saturated carbocycles. The highest BCUT2D eigenvalue weighted by Crippen LogP contribution is 2.34. The number of ether oxygens (including phenoxy) is 2. The van der Waals surface area contributed by atoms with E-state index in [0.717, 1.165) is 32.1 Å². The summed E-state index contributed by atoms with van der Waals surface area (Å²) in [6.07, 6.45) is 4.81. The fourth-order valence-electron chi connectivity index (χ4n) is 3.74. The van der Waals surface area contributed by atoms with E-state index in [-0.39, 0.29) is 36.4 Å². The van der Waals surface area contributed by atoms with Crippen molar-refractivity contribution in [3.05, 3.63) is 11.3 Å². The number of carbonyl (C=O) groups is 3. The Morgan fingerprint density at radius 1 is 1.07 bits per heavy atom. The van der Waals surface area contributed by atoms with Gasteiger partial charge in [0.1, 0.15) is 13.9 Å². The van der Waals surface area contributed by atoms with E-state index in [9.17, 15) is 14.4 Å². The minimum atomic E-state index is -1.95. The smallest absolute Gasteiger partial charge is 0.339 e. The van der Waals surface area contributed by atoms with Crippen LogP contribution in [0.3, 0.4) is 0 Å². The van der Waals surface area contributed by atoms with Gasteiger partial charge >= 0.3 is 11.9 Å². The largest absolute Gasteiger partial charge is 0.464 e. The molecule has 0 saturated heterocycles. The van der Waals surface area contributed by atoms with Crippen LogP contribution in [0.2, 0.25) is 19.6 Å². The Morgan fingerprint density at radius 2 is 1.67 bits per heavy atom. The van der Waals surface area contributed by atoms with Crippen molar-refractivity contribution in [2.24, 2.45) is 0 Å². The zero-order chi connectivity index (χ0) is 20.2. The summed E-state index contributed by atoms with van der Waals surface area (Å²) >= 11 is 0. The van der Waals surface area contributed by atoms with Crippen LogP contribution < -0.4 is 4.98 Å². The zero-order valence-electron chi connectivity index (χ0n) is 17.1. The van der Waals surface area contributed by atoms with Crippen molar-refractivity contribution < 1.29 is 23.9 Å². The molecule has 2 aliphatic rings. The number of nitrogens with zero attached hydrogens (tertiary/aromatic N) is 1. The van der Waals surface area contributed by atoms with Gasteiger partial charge in [0.15, 0.2) is 6.04 Å². The number of nitrogens with one attached hydrogen (secondary N) is 1. The highest BCUT2D eigenvalue weighted by Gasteiger charge is 2.51. The van der Waals surface area contributed by atoms with E-state index < -0.39 is 26.2 Å². The summed E-state index contributed by atoms with van der Waals surface area (Å²) in [5, 5.41) is 0. The predicted molar refractivity (Wildman–Crippen MR) is 104 cm³/mol. The van der Waals surface area contributed by atoms with E-state index in [1.165, 1.54) is 0 Å². The van der Waals surface area contributed by atoms with Gasteiger partial charge in [-0.05, 0) is 26.7 Å². The minimum Gasteiger partial charge on any atom is -0.464 e. The molecule has 1 aliphatic carbocycles. The van der Waals surface area contributed by atoms with Crippen molar-refractivity contribution in [3.63, 3.8) is 0 Å². The molecule has 152 valence electrons. The van der Waals surface area contributed by atoms with Gasteiger partial charge in [-0.25, -0.2) is 9.59 Å². The maximum atomic E-state index is 13.3. The maximum absolute atomic E-state index is 13.3. The third-order valence-corrected chi connectivity index (χ3v) is 5.74. The van der Waals surface area contributed by atoms with Crippen molar-refractivity contribution in [1.82, 2.24) is 9.88 Å². The predicted octanol–water partition coefficient (Wildman–Crippen LogP) is 2.33. The lowest BCUT2D eigenvalue weighted by atomic mass is 9.93. The van der Waals surface area contributed by atoms with Crippen molar-refractivity contribution in [3.8, 4) is 0 Å². The van der Waals surface area contributed by atoms with E-state index >= 15 is 0 Å². The molecular formula is C19H32N2O5Si. The fourth-order valence-corrected chi connectivity index (χ4v) is 4.74. The molecule has 0 bridgehead atoms. The number of amides is 1. The van der Waals surface area contributed by atoms with E-state index in [1.54, 1.807) is 18.7 Å². The first-order valence-corrected chi connectivity index (χ1v) is 13.4. The summed E-state index contributed by atoms with van der Waals surface area (Å²) in [7, 11) is -1.95. The Morgan fingerprint density at radius 3 is 2.19 bits per heavy atom. The highest BCUT2D eigenvalue weighted by molar-refractivity contribution is 6.74. The molecule has 0 radical (unpaired) electrons. The van der Waals surface area contributed by atoms with Gasteiger partial charge < -0.3 is 19.4 Å². The van der Waals surface area contributed by atoms with Crippen LogP contribution in [0.1, 0.15) is 46.0 Å². The van der Waals surface area contributed by atoms with Crippen molar-refractivity contribution in [2.75, 3.05) is 13.2 Å². The molecule has 2 rings (SSSR count). The number of hydrogen-bond acceptors (Lipinski definition) is 6. The van der Waals surface area contributed by atoms with Crippen LogP contribution in [0.4, 0.5) is 0 Å². The fraction of sp³-hybridized carbons (Fsp3) is 0.737. The number of hydrogen-bond donors (Lipinski definition) is 1. The molecule has 1 unspecified atom stereocenters. The molecule has 8 heteroatoms. The minimum absolute atomic E-state index is 0.0639. The molecule has 1 atom stereocenters. The van der Waals surface area contributed by atoms with E-state index in [1.807, 2.05) is 19.6 Å². The molecule has 0 aromatic carbocycles. The molecule has 27 heavy (non-hydrogen) atoms. The molecular weight excluding hydrogens is 364 g/mol. The lowest BCUT2D eigenvalue weighted by molar-refractivity contribution is -0.154. The third kappa shape index (κ3) is 4.91. The van der Waals surface area contributed by atoms with Crippen LogP contribution in [0.25, 0.3) is 0 Å². The van der Waals surface area contributed by atoms with Crippen molar-refractivity contribution in [2.45, 2.75) is 77.7 Å². The normalized spacial score (nSPS) is 21.4. The van der Waals surface area contributed by atoms with Gasteiger partial charge in [0.05, 0.1) is 18.8 Å². The van der Waals surface area contributed by atoms with Gasteiger partial charge in [0.25, 0.3) is 5.91 Å². The second-order valence-corrected chi connectivity index (χ2v) is 12.8. The molecule has 1 N–H and O–H groups in total. The Bertz CT molecular complexity index is 620. The van der Waals surface area contributed by atoms with E-state index in [0.29, 0.717) is 0 Å². The van der Waals surface area contributed by atoms with Crippen LogP contribution in [-0.4, -0.2) is 56.3 Å². The van der Waals surface area contributed by atoms with E-state index in [2.05, 4.69) is 4.98 Å². The van der Waals surface area contributed by atoms with Crippen molar-refractivity contribution in [1.29, 1.82) is 0 Å². The van der Waals surface area contributed by atoms with Crippen LogP contribution in [0, 0.1) is 0 Å². The maximum Gasteiger partial charge on any atom is 0.339 e. The second kappa shape index (κ2) is 8.90. The third-order valence-electron chi connectivity index (χ3n) is 4.74. The SMILES string of the molecule is CCOC(=O)C1=C(N[Si](C)(C)C)C(=O)N(C2CCCCC2)C1C(=O)OCC. The molecule has 0 spiro atoms. The molecule has 1 heterocycles. The molecule has 1 fully saturated rings. The van der Waals surface area contributed by atoms with Gasteiger partial charge in [0, 0.05) is 6.04 Å². The molecule has 1 amide bonds. The second-order valence-electron chi connectivity index (χ2n) is 8.04. The summed E-state index contributed by atoms with van der Waals surface area (Å²) in [4.78, 5) is 43.7. The van der Waals surface area contributed by atoms with Crippen LogP contribution >= 0.6 is 0 Å². The summed E-state index contributed by atoms with van der Waals surface area (Å²) in [5.74, 6) is -1.47. The summed E-state index contributed by atoms with van der Waals surface area (Å²) in [6.45, 7) is 9.91. The number of esters is 2. The summed E-state index contributed by atoms with van der Waals surface area (Å²) in [5.41, 5.74) is 0.324. The van der Waals surface area contributed by atoms with Gasteiger partial charge in [-0.3, -0.25) is 4.79 Å². The van der Waals surface area contributed by atoms with Gasteiger partial charge in [-0.2, -0.15) is 0 Å².